The van der Waals surface area contributed by atoms with E-state index in [-0.39, 0.29) is 17.5 Å². The quantitative estimate of drug-likeness (QED) is 0.547. The summed E-state index contributed by atoms with van der Waals surface area (Å²) in [5.41, 5.74) is 2.31. The standard InChI is InChI=1S/C19H16ClFN2O2S2/c1-25-17-7-4-13(20)8-16(17)23-18(24)11-26-9-15-10-27-19(22-15)12-2-5-14(21)6-3-12/h2-8,10H,9,11H2,1H3,(H,23,24). The fourth-order valence-electron chi connectivity index (χ4n) is 2.31. The van der Waals surface area contributed by atoms with Gasteiger partial charge in [0.15, 0.2) is 0 Å². The summed E-state index contributed by atoms with van der Waals surface area (Å²) in [6.45, 7) is 0. The van der Waals surface area contributed by atoms with Gasteiger partial charge in [-0.25, -0.2) is 9.37 Å². The average molecular weight is 423 g/mol. The van der Waals surface area contributed by atoms with Crippen LogP contribution in [0.1, 0.15) is 5.69 Å². The van der Waals surface area contributed by atoms with Crippen molar-refractivity contribution in [3.8, 4) is 16.3 Å². The van der Waals surface area contributed by atoms with E-state index in [1.165, 1.54) is 42.3 Å². The molecule has 0 radical (unpaired) electrons. The Balaban J connectivity index is 1.52. The first kappa shape index (κ1) is 19.7. The smallest absolute Gasteiger partial charge is 0.234 e. The van der Waals surface area contributed by atoms with Crippen molar-refractivity contribution in [2.45, 2.75) is 5.75 Å². The normalized spacial score (nSPS) is 10.6. The number of nitrogens with one attached hydrogen (secondary N) is 1. The van der Waals surface area contributed by atoms with Gasteiger partial charge in [-0.05, 0) is 42.5 Å². The summed E-state index contributed by atoms with van der Waals surface area (Å²) in [6, 6.07) is 11.3. The van der Waals surface area contributed by atoms with Crippen molar-refractivity contribution < 1.29 is 13.9 Å². The van der Waals surface area contributed by atoms with Crippen LogP contribution < -0.4 is 10.1 Å². The number of amides is 1. The molecule has 140 valence electrons. The summed E-state index contributed by atoms with van der Waals surface area (Å²) < 4.78 is 18.2. The second-order valence-electron chi connectivity index (χ2n) is 5.54. The van der Waals surface area contributed by atoms with Crippen LogP contribution in [0.15, 0.2) is 47.8 Å². The van der Waals surface area contributed by atoms with Gasteiger partial charge in [0.25, 0.3) is 0 Å². The van der Waals surface area contributed by atoms with Crippen LogP contribution in [0.5, 0.6) is 5.75 Å². The number of benzene rings is 2. The SMILES string of the molecule is COc1ccc(Cl)cc1NC(=O)CSCc1csc(-c2ccc(F)cc2)n1. The highest BCUT2D eigenvalue weighted by molar-refractivity contribution is 7.99. The summed E-state index contributed by atoms with van der Waals surface area (Å²) in [6.07, 6.45) is 0. The molecular formula is C19H16ClFN2O2S2. The third-order valence-electron chi connectivity index (χ3n) is 3.56. The molecule has 0 unspecified atom stereocenters. The third kappa shape index (κ3) is 5.45. The highest BCUT2D eigenvalue weighted by Gasteiger charge is 2.10. The molecule has 1 amide bonds. The number of nitrogens with zero attached hydrogens (tertiary/aromatic N) is 1. The van der Waals surface area contributed by atoms with Crippen molar-refractivity contribution in [2.75, 3.05) is 18.2 Å². The van der Waals surface area contributed by atoms with Gasteiger partial charge >= 0.3 is 0 Å². The van der Waals surface area contributed by atoms with E-state index in [0.717, 1.165) is 16.3 Å². The van der Waals surface area contributed by atoms with Crippen molar-refractivity contribution >= 4 is 46.3 Å². The summed E-state index contributed by atoms with van der Waals surface area (Å²) in [5.74, 6) is 1.03. The molecule has 0 aliphatic carbocycles. The molecule has 0 atom stereocenters. The Morgan fingerprint density at radius 3 is 2.81 bits per heavy atom. The van der Waals surface area contributed by atoms with Gasteiger partial charge in [0, 0.05) is 21.7 Å². The number of rotatable bonds is 7. The fourth-order valence-corrected chi connectivity index (χ4v) is 4.13. The van der Waals surface area contributed by atoms with E-state index < -0.39 is 0 Å². The van der Waals surface area contributed by atoms with Gasteiger partial charge in [0.2, 0.25) is 5.91 Å². The molecule has 1 heterocycles. The topological polar surface area (TPSA) is 51.2 Å². The molecule has 3 aromatic rings. The summed E-state index contributed by atoms with van der Waals surface area (Å²) in [7, 11) is 1.54. The second kappa shape index (κ2) is 9.21. The predicted molar refractivity (Wildman–Crippen MR) is 110 cm³/mol. The van der Waals surface area contributed by atoms with E-state index >= 15 is 0 Å². The van der Waals surface area contributed by atoms with E-state index in [1.807, 2.05) is 5.38 Å². The number of aromatic nitrogens is 1. The summed E-state index contributed by atoms with van der Waals surface area (Å²) in [5, 5.41) is 6.11. The lowest BCUT2D eigenvalue weighted by Gasteiger charge is -2.10. The summed E-state index contributed by atoms with van der Waals surface area (Å²) >= 11 is 8.92. The number of anilines is 1. The molecule has 0 fully saturated rings. The molecule has 0 saturated carbocycles. The number of halogens is 2. The maximum Gasteiger partial charge on any atom is 0.234 e. The molecule has 0 aliphatic rings. The molecule has 0 aliphatic heterocycles. The highest BCUT2D eigenvalue weighted by Crippen LogP contribution is 2.28. The molecule has 0 saturated heterocycles. The van der Waals surface area contributed by atoms with E-state index in [1.54, 1.807) is 30.3 Å². The first-order chi connectivity index (χ1) is 13.0. The lowest BCUT2D eigenvalue weighted by atomic mass is 10.2. The van der Waals surface area contributed by atoms with Crippen LogP contribution in [-0.4, -0.2) is 23.8 Å². The number of thioether (sulfide) groups is 1. The summed E-state index contributed by atoms with van der Waals surface area (Å²) in [4.78, 5) is 16.7. The second-order valence-corrected chi connectivity index (χ2v) is 7.82. The Kier molecular flexibility index (Phi) is 6.71. The van der Waals surface area contributed by atoms with Crippen LogP contribution >= 0.6 is 34.7 Å². The monoisotopic (exact) mass is 422 g/mol. The fraction of sp³-hybridized carbons (Fsp3) is 0.158. The van der Waals surface area contributed by atoms with Gasteiger partial charge in [-0.1, -0.05) is 11.6 Å². The number of methoxy groups -OCH3 is 1. The van der Waals surface area contributed by atoms with Crippen molar-refractivity contribution in [1.82, 2.24) is 4.98 Å². The molecule has 3 rings (SSSR count). The van der Waals surface area contributed by atoms with E-state index in [9.17, 15) is 9.18 Å². The van der Waals surface area contributed by atoms with E-state index in [2.05, 4.69) is 10.3 Å². The molecule has 1 aromatic heterocycles. The van der Waals surface area contributed by atoms with E-state index in [4.69, 9.17) is 16.3 Å². The van der Waals surface area contributed by atoms with Gasteiger partial charge in [0.1, 0.15) is 16.6 Å². The maximum absolute atomic E-state index is 13.0. The number of thiazole rings is 1. The minimum Gasteiger partial charge on any atom is -0.495 e. The number of carbonyl (C=O) groups is 1. The zero-order valence-corrected chi connectivity index (χ0v) is 16.8. The van der Waals surface area contributed by atoms with Gasteiger partial charge in [0.05, 0.1) is 24.2 Å². The Bertz CT molecular complexity index is 932. The van der Waals surface area contributed by atoms with E-state index in [0.29, 0.717) is 22.2 Å². The Hall–Kier alpha value is -2.09. The van der Waals surface area contributed by atoms with Crippen LogP contribution in [0, 0.1) is 5.82 Å². The number of hydrogen-bond acceptors (Lipinski definition) is 5. The minimum atomic E-state index is -0.270. The lowest BCUT2D eigenvalue weighted by Crippen LogP contribution is -2.14. The first-order valence-electron chi connectivity index (χ1n) is 7.96. The van der Waals surface area contributed by atoms with Crippen LogP contribution in [0.3, 0.4) is 0 Å². The maximum atomic E-state index is 13.0. The van der Waals surface area contributed by atoms with Crippen LogP contribution in [0.25, 0.3) is 10.6 Å². The van der Waals surface area contributed by atoms with Gasteiger partial charge in [-0.2, -0.15) is 0 Å². The largest absolute Gasteiger partial charge is 0.495 e. The molecule has 2 aromatic carbocycles. The van der Waals surface area contributed by atoms with Gasteiger partial charge < -0.3 is 10.1 Å². The average Bonchev–Trinajstić information content (AvgIpc) is 3.11. The molecule has 4 nitrogen and oxygen atoms in total. The predicted octanol–water partition coefficient (Wildman–Crippen LogP) is 5.48. The van der Waals surface area contributed by atoms with Crippen LogP contribution in [0.2, 0.25) is 5.02 Å². The highest BCUT2D eigenvalue weighted by atomic mass is 35.5. The molecule has 0 bridgehead atoms. The lowest BCUT2D eigenvalue weighted by molar-refractivity contribution is -0.113. The minimum absolute atomic E-state index is 0.144. The van der Waals surface area contributed by atoms with Crippen molar-refractivity contribution in [2.24, 2.45) is 0 Å². The third-order valence-corrected chi connectivity index (χ3v) is 5.70. The number of carbonyl (C=O) groups excluding carboxylic acids is 1. The molecule has 27 heavy (non-hydrogen) atoms. The van der Waals surface area contributed by atoms with Gasteiger partial charge in [-0.3, -0.25) is 4.79 Å². The zero-order chi connectivity index (χ0) is 19.2. The van der Waals surface area contributed by atoms with Gasteiger partial charge in [-0.15, -0.1) is 23.1 Å². The molecule has 8 heteroatoms. The Morgan fingerprint density at radius 1 is 1.30 bits per heavy atom. The Labute approximate surface area is 169 Å². The number of ether oxygens (including phenoxy) is 1. The van der Waals surface area contributed by atoms with Crippen LogP contribution in [0.4, 0.5) is 10.1 Å². The van der Waals surface area contributed by atoms with Crippen LogP contribution in [-0.2, 0) is 10.5 Å². The Morgan fingerprint density at radius 2 is 2.07 bits per heavy atom. The van der Waals surface area contributed by atoms with Crippen molar-refractivity contribution in [3.63, 3.8) is 0 Å². The first-order valence-corrected chi connectivity index (χ1v) is 10.4. The van der Waals surface area contributed by atoms with Crippen molar-refractivity contribution in [1.29, 1.82) is 0 Å². The zero-order valence-electron chi connectivity index (χ0n) is 14.4. The number of hydrogen-bond donors (Lipinski definition) is 1. The molecule has 1 N–H and O–H groups in total. The van der Waals surface area contributed by atoms with Crippen molar-refractivity contribution in [3.05, 3.63) is 64.4 Å². The molecule has 0 spiro atoms. The molecular weight excluding hydrogens is 407 g/mol.